The lowest BCUT2D eigenvalue weighted by Gasteiger charge is -1.84. The van der Waals surface area contributed by atoms with Crippen LogP contribution in [0, 0.1) is 5.38 Å². The van der Waals surface area contributed by atoms with Crippen molar-refractivity contribution in [1.29, 1.82) is 0 Å². The summed E-state index contributed by atoms with van der Waals surface area (Å²) in [6.45, 7) is 0. The number of hydrogen-bond acceptors (Lipinski definition) is 2. The summed E-state index contributed by atoms with van der Waals surface area (Å²) in [5, 5.41) is 4.54. The van der Waals surface area contributed by atoms with Gasteiger partial charge in [-0.3, -0.25) is 0 Å². The van der Waals surface area contributed by atoms with E-state index in [9.17, 15) is 0 Å². The molecule has 2 heteroatoms. The molecule has 0 saturated heterocycles. The predicted octanol–water partition coefficient (Wildman–Crippen LogP) is 3.92. The number of benzene rings is 1. The first-order valence-corrected chi connectivity index (χ1v) is 5.35. The highest BCUT2D eigenvalue weighted by molar-refractivity contribution is 7.31. The fourth-order valence-electron chi connectivity index (χ4n) is 1.38. The summed E-state index contributed by atoms with van der Waals surface area (Å²) < 4.78 is 4.13. The number of rotatable bonds is 0. The molecule has 3 rings (SSSR count). The molecule has 12 heavy (non-hydrogen) atoms. The fraction of sp³-hybridized carbons (Fsp3) is 0. The molecule has 3 aromatic rings. The van der Waals surface area contributed by atoms with Crippen molar-refractivity contribution < 1.29 is 0 Å². The highest BCUT2D eigenvalue weighted by atomic mass is 32.1. The van der Waals surface area contributed by atoms with Crippen molar-refractivity contribution in [2.75, 3.05) is 0 Å². The van der Waals surface area contributed by atoms with Gasteiger partial charge in [0, 0.05) is 20.2 Å². The van der Waals surface area contributed by atoms with Crippen LogP contribution in [0.25, 0.3) is 19.5 Å². The van der Waals surface area contributed by atoms with Crippen molar-refractivity contribution in [3.63, 3.8) is 0 Å². The summed E-state index contributed by atoms with van der Waals surface area (Å²) in [6, 6.07) is 10.6. The summed E-state index contributed by atoms with van der Waals surface area (Å²) in [7, 11) is 0. The van der Waals surface area contributed by atoms with Crippen LogP contribution in [0.1, 0.15) is 0 Å². The molecule has 57 valence electrons. The topological polar surface area (TPSA) is 0 Å². The maximum atomic E-state index is 3.16. The Bertz CT molecular complexity index is 530. The summed E-state index contributed by atoms with van der Waals surface area (Å²) in [4.78, 5) is 0. The van der Waals surface area contributed by atoms with Gasteiger partial charge in [-0.05, 0) is 12.1 Å². The lowest BCUT2D eigenvalue weighted by Crippen LogP contribution is -1.57. The SMILES string of the molecule is [c]1cc2sc3ccccc3c2s1. The first-order valence-electron chi connectivity index (χ1n) is 3.72. The molecular formula is C10H5S2. The molecule has 0 aliphatic heterocycles. The summed E-state index contributed by atoms with van der Waals surface area (Å²) in [6.07, 6.45) is 0. The summed E-state index contributed by atoms with van der Waals surface area (Å²) >= 11 is 3.56. The van der Waals surface area contributed by atoms with Gasteiger partial charge in [0.2, 0.25) is 0 Å². The van der Waals surface area contributed by atoms with Gasteiger partial charge in [0.1, 0.15) is 0 Å². The van der Waals surface area contributed by atoms with Crippen LogP contribution < -0.4 is 0 Å². The maximum absolute atomic E-state index is 3.16. The van der Waals surface area contributed by atoms with Gasteiger partial charge in [0.25, 0.3) is 0 Å². The van der Waals surface area contributed by atoms with Gasteiger partial charge >= 0.3 is 0 Å². The second-order valence-corrected chi connectivity index (χ2v) is 4.59. The van der Waals surface area contributed by atoms with Crippen LogP contribution in [0.3, 0.4) is 0 Å². The third kappa shape index (κ3) is 0.765. The minimum Gasteiger partial charge on any atom is -0.134 e. The molecular weight excluding hydrogens is 184 g/mol. The monoisotopic (exact) mass is 189 g/mol. The van der Waals surface area contributed by atoms with E-state index < -0.39 is 0 Å². The van der Waals surface area contributed by atoms with Gasteiger partial charge in [-0.15, -0.1) is 22.7 Å². The van der Waals surface area contributed by atoms with Crippen molar-refractivity contribution in [3.05, 3.63) is 35.7 Å². The Hall–Kier alpha value is -0.860. The molecule has 0 nitrogen and oxygen atoms in total. The molecule has 0 spiro atoms. The molecule has 0 fully saturated rings. The molecule has 2 aromatic heterocycles. The quantitative estimate of drug-likeness (QED) is 0.503. The molecule has 0 bridgehead atoms. The maximum Gasteiger partial charge on any atom is 0.0536 e. The zero-order valence-electron chi connectivity index (χ0n) is 6.20. The lowest BCUT2D eigenvalue weighted by atomic mass is 10.2. The second-order valence-electron chi connectivity index (χ2n) is 2.66. The molecule has 0 atom stereocenters. The van der Waals surface area contributed by atoms with Gasteiger partial charge < -0.3 is 0 Å². The number of thiophene rings is 2. The Labute approximate surface area is 78.1 Å². The van der Waals surface area contributed by atoms with E-state index in [1.165, 1.54) is 19.5 Å². The molecule has 1 radical (unpaired) electrons. The van der Waals surface area contributed by atoms with Gasteiger partial charge in [-0.2, -0.15) is 0 Å². The Kier molecular flexibility index (Phi) is 1.28. The minimum atomic E-state index is 1.36. The first kappa shape index (κ1) is 6.63. The van der Waals surface area contributed by atoms with E-state index in [1.54, 1.807) is 11.3 Å². The Morgan fingerprint density at radius 3 is 3.00 bits per heavy atom. The van der Waals surface area contributed by atoms with Crippen molar-refractivity contribution in [3.8, 4) is 0 Å². The lowest BCUT2D eigenvalue weighted by molar-refractivity contribution is 1.87. The van der Waals surface area contributed by atoms with E-state index in [0.29, 0.717) is 0 Å². The average Bonchev–Trinajstić information content (AvgIpc) is 2.62. The molecule has 0 aliphatic carbocycles. The average molecular weight is 189 g/mol. The summed E-state index contributed by atoms with van der Waals surface area (Å²) in [5.41, 5.74) is 0. The molecule has 2 heterocycles. The van der Waals surface area contributed by atoms with Crippen molar-refractivity contribution in [2.24, 2.45) is 0 Å². The van der Waals surface area contributed by atoms with E-state index in [4.69, 9.17) is 0 Å². The molecule has 1 aromatic carbocycles. The van der Waals surface area contributed by atoms with Gasteiger partial charge in [-0.1, -0.05) is 18.2 Å². The number of fused-ring (bicyclic) bond motifs is 3. The fourth-order valence-corrected chi connectivity index (χ4v) is 3.50. The summed E-state index contributed by atoms with van der Waals surface area (Å²) in [5.74, 6) is 0. The Morgan fingerprint density at radius 1 is 1.08 bits per heavy atom. The first-order chi connectivity index (χ1) is 5.95. The molecule has 0 N–H and O–H groups in total. The zero-order chi connectivity index (χ0) is 7.97. The van der Waals surface area contributed by atoms with Crippen LogP contribution in [0.2, 0.25) is 0 Å². The van der Waals surface area contributed by atoms with Crippen LogP contribution >= 0.6 is 22.7 Å². The number of hydrogen-bond donors (Lipinski definition) is 0. The Balaban J connectivity index is 2.68. The highest BCUT2D eigenvalue weighted by Crippen LogP contribution is 2.36. The largest absolute Gasteiger partial charge is 0.134 e. The molecule has 0 saturated carbocycles. The van der Waals surface area contributed by atoms with Gasteiger partial charge in [-0.25, -0.2) is 0 Å². The third-order valence-corrected chi connectivity index (χ3v) is 4.05. The molecule has 0 unspecified atom stereocenters. The van der Waals surface area contributed by atoms with Crippen molar-refractivity contribution in [2.45, 2.75) is 0 Å². The zero-order valence-corrected chi connectivity index (χ0v) is 7.84. The van der Waals surface area contributed by atoms with E-state index in [2.05, 4.69) is 35.7 Å². The van der Waals surface area contributed by atoms with Crippen molar-refractivity contribution >= 4 is 42.2 Å². The van der Waals surface area contributed by atoms with E-state index >= 15 is 0 Å². The van der Waals surface area contributed by atoms with Crippen molar-refractivity contribution in [1.82, 2.24) is 0 Å². The van der Waals surface area contributed by atoms with E-state index in [0.717, 1.165) is 0 Å². The smallest absolute Gasteiger partial charge is 0.0536 e. The van der Waals surface area contributed by atoms with E-state index in [1.807, 2.05) is 11.3 Å². The van der Waals surface area contributed by atoms with E-state index in [-0.39, 0.29) is 0 Å². The molecule has 0 aliphatic rings. The third-order valence-electron chi connectivity index (χ3n) is 1.93. The molecule has 0 amide bonds. The minimum absolute atomic E-state index is 1.36. The predicted molar refractivity (Wildman–Crippen MR) is 56.0 cm³/mol. The van der Waals surface area contributed by atoms with Crippen LogP contribution in [-0.4, -0.2) is 0 Å². The van der Waals surface area contributed by atoms with Crippen LogP contribution in [-0.2, 0) is 0 Å². The normalized spacial score (nSPS) is 11.3. The van der Waals surface area contributed by atoms with Crippen LogP contribution in [0.4, 0.5) is 0 Å². The Morgan fingerprint density at radius 2 is 2.00 bits per heavy atom. The highest BCUT2D eigenvalue weighted by Gasteiger charge is 2.03. The standard InChI is InChI=1S/C10H5S2/c1-2-4-8-7(3-1)10-9(12-8)5-6-11-10/h1-5H. The second kappa shape index (κ2) is 2.31. The van der Waals surface area contributed by atoms with Crippen LogP contribution in [0.5, 0.6) is 0 Å². The van der Waals surface area contributed by atoms with Gasteiger partial charge in [0.15, 0.2) is 0 Å². The van der Waals surface area contributed by atoms with Crippen LogP contribution in [0.15, 0.2) is 30.3 Å². The van der Waals surface area contributed by atoms with Gasteiger partial charge in [0.05, 0.1) is 4.70 Å².